The summed E-state index contributed by atoms with van der Waals surface area (Å²) in [6.45, 7) is 8.24. The molecule has 4 rings (SSSR count). The zero-order chi connectivity index (χ0) is 21.5. The van der Waals surface area contributed by atoms with E-state index < -0.39 is 5.66 Å². The predicted molar refractivity (Wildman–Crippen MR) is 114 cm³/mol. The molecule has 0 bridgehead atoms. The van der Waals surface area contributed by atoms with Crippen molar-refractivity contribution in [1.82, 2.24) is 25.0 Å². The van der Waals surface area contributed by atoms with Crippen molar-refractivity contribution in [2.45, 2.75) is 58.7 Å². The number of hydrogen-bond donors (Lipinski definition) is 1. The summed E-state index contributed by atoms with van der Waals surface area (Å²) in [6.07, 6.45) is 4.28. The van der Waals surface area contributed by atoms with Gasteiger partial charge < -0.3 is 15.1 Å². The minimum Gasteiger partial charge on any atom is -0.342 e. The summed E-state index contributed by atoms with van der Waals surface area (Å²) < 4.78 is 1.99. The van der Waals surface area contributed by atoms with Crippen LogP contribution in [-0.2, 0) is 17.8 Å². The molecule has 2 aromatic heterocycles. The number of nitrogens with one attached hydrogen (secondary N) is 1. The van der Waals surface area contributed by atoms with Crippen LogP contribution in [0.25, 0.3) is 0 Å². The lowest BCUT2D eigenvalue weighted by Gasteiger charge is -2.50. The van der Waals surface area contributed by atoms with Gasteiger partial charge in [0.2, 0.25) is 5.91 Å². The van der Waals surface area contributed by atoms with Crippen molar-refractivity contribution in [2.75, 3.05) is 25.0 Å². The lowest BCUT2D eigenvalue weighted by Crippen LogP contribution is -2.67. The van der Waals surface area contributed by atoms with Gasteiger partial charge in [0.25, 0.3) is 5.91 Å². The highest BCUT2D eigenvalue weighted by Gasteiger charge is 2.45. The third kappa shape index (κ3) is 3.34. The van der Waals surface area contributed by atoms with Gasteiger partial charge in [-0.3, -0.25) is 14.3 Å². The van der Waals surface area contributed by atoms with Crippen LogP contribution in [-0.4, -0.2) is 57.3 Å². The van der Waals surface area contributed by atoms with Crippen LogP contribution >= 0.6 is 0 Å². The maximum Gasteiger partial charge on any atom is 0.256 e. The Balaban J connectivity index is 1.40. The van der Waals surface area contributed by atoms with E-state index in [1.54, 1.807) is 18.3 Å². The fraction of sp³-hybridized carbons (Fsp3) is 0.545. The summed E-state index contributed by atoms with van der Waals surface area (Å²) in [5.41, 5.74) is 3.46. The van der Waals surface area contributed by atoms with E-state index in [4.69, 9.17) is 0 Å². The summed E-state index contributed by atoms with van der Waals surface area (Å²) in [5, 5.41) is 7.73. The van der Waals surface area contributed by atoms with Crippen molar-refractivity contribution in [1.29, 1.82) is 0 Å². The van der Waals surface area contributed by atoms with Gasteiger partial charge in [-0.25, -0.2) is 4.98 Å². The second-order valence-electron chi connectivity index (χ2n) is 8.27. The molecule has 0 radical (unpaired) electrons. The van der Waals surface area contributed by atoms with E-state index in [2.05, 4.69) is 34.1 Å². The van der Waals surface area contributed by atoms with E-state index in [1.165, 1.54) is 5.56 Å². The molecule has 30 heavy (non-hydrogen) atoms. The number of hydrogen-bond acceptors (Lipinski definition) is 5. The van der Waals surface area contributed by atoms with Gasteiger partial charge in [-0.1, -0.05) is 0 Å². The first kappa shape index (κ1) is 20.4. The molecule has 1 N–H and O–H groups in total. The summed E-state index contributed by atoms with van der Waals surface area (Å²) in [4.78, 5) is 33.9. The Morgan fingerprint density at radius 2 is 2.00 bits per heavy atom. The van der Waals surface area contributed by atoms with Gasteiger partial charge in [-0.15, -0.1) is 0 Å². The van der Waals surface area contributed by atoms with Crippen molar-refractivity contribution >= 4 is 17.6 Å². The molecule has 2 aliphatic heterocycles. The third-order valence-corrected chi connectivity index (χ3v) is 6.70. The van der Waals surface area contributed by atoms with Gasteiger partial charge >= 0.3 is 0 Å². The van der Waals surface area contributed by atoms with Crippen LogP contribution in [0.4, 0.5) is 5.82 Å². The molecule has 0 aliphatic carbocycles. The van der Waals surface area contributed by atoms with Gasteiger partial charge in [0, 0.05) is 57.8 Å². The van der Waals surface area contributed by atoms with Gasteiger partial charge in [0.05, 0.1) is 11.3 Å². The zero-order valence-corrected chi connectivity index (χ0v) is 18.2. The molecule has 0 atom stereocenters. The van der Waals surface area contributed by atoms with E-state index >= 15 is 0 Å². The molecule has 2 aromatic rings. The molecule has 2 amide bonds. The molecule has 4 heterocycles. The Morgan fingerprint density at radius 1 is 1.27 bits per heavy atom. The number of fused-ring (bicyclic) bond motifs is 1. The molecule has 1 saturated heterocycles. The standard InChI is InChI=1S/C22H30N6O2/c1-5-28-16(3)17(15(2)25-28)8-9-19(29)27-13-10-22(11-14-27)24-21(30)18-7-6-12-23-20(18)26(22)4/h6-7,12H,5,8-11,13-14H2,1-4H3,(H,24,30). The van der Waals surface area contributed by atoms with Gasteiger partial charge in [-0.2, -0.15) is 5.10 Å². The van der Waals surface area contributed by atoms with Gasteiger partial charge in [0.1, 0.15) is 11.5 Å². The Morgan fingerprint density at radius 3 is 2.67 bits per heavy atom. The highest BCUT2D eigenvalue weighted by Crippen LogP contribution is 2.34. The van der Waals surface area contributed by atoms with Crippen LogP contribution < -0.4 is 10.2 Å². The van der Waals surface area contributed by atoms with Gasteiger partial charge in [0.15, 0.2) is 0 Å². The van der Waals surface area contributed by atoms with Crippen LogP contribution in [0.15, 0.2) is 18.3 Å². The number of amides is 2. The molecule has 1 fully saturated rings. The third-order valence-electron chi connectivity index (χ3n) is 6.70. The first-order chi connectivity index (χ1) is 14.4. The fourth-order valence-electron chi connectivity index (χ4n) is 4.79. The van der Waals surface area contributed by atoms with Gasteiger partial charge in [-0.05, 0) is 44.9 Å². The summed E-state index contributed by atoms with van der Waals surface area (Å²) >= 11 is 0. The van der Waals surface area contributed by atoms with E-state index in [0.29, 0.717) is 50.2 Å². The molecular weight excluding hydrogens is 380 g/mol. The Hall–Kier alpha value is -2.90. The van der Waals surface area contributed by atoms with Crippen molar-refractivity contribution in [3.05, 3.63) is 40.8 Å². The molecule has 8 nitrogen and oxygen atoms in total. The number of nitrogens with zero attached hydrogens (tertiary/aromatic N) is 5. The number of anilines is 1. The molecule has 0 saturated carbocycles. The maximum atomic E-state index is 12.9. The minimum absolute atomic E-state index is 0.0881. The fourth-order valence-corrected chi connectivity index (χ4v) is 4.79. The van der Waals surface area contributed by atoms with Crippen molar-refractivity contribution < 1.29 is 9.59 Å². The summed E-state index contributed by atoms with van der Waals surface area (Å²) in [5.74, 6) is 0.783. The van der Waals surface area contributed by atoms with E-state index in [1.807, 2.05) is 23.6 Å². The topological polar surface area (TPSA) is 83.4 Å². The normalized spacial score (nSPS) is 17.8. The Bertz CT molecular complexity index is 974. The number of pyridine rings is 1. The van der Waals surface area contributed by atoms with E-state index in [-0.39, 0.29) is 11.8 Å². The summed E-state index contributed by atoms with van der Waals surface area (Å²) in [7, 11) is 1.97. The van der Waals surface area contributed by atoms with Crippen LogP contribution in [0.5, 0.6) is 0 Å². The van der Waals surface area contributed by atoms with Crippen molar-refractivity contribution in [2.24, 2.45) is 0 Å². The number of rotatable bonds is 4. The number of aryl methyl sites for hydroxylation is 2. The zero-order valence-electron chi connectivity index (χ0n) is 18.2. The maximum absolute atomic E-state index is 12.9. The second-order valence-corrected chi connectivity index (χ2v) is 8.27. The molecule has 160 valence electrons. The number of aromatic nitrogens is 3. The quantitative estimate of drug-likeness (QED) is 0.834. The highest BCUT2D eigenvalue weighted by molar-refractivity contribution is 6.01. The smallest absolute Gasteiger partial charge is 0.256 e. The molecule has 0 unspecified atom stereocenters. The molecular formula is C22H30N6O2. The molecule has 8 heteroatoms. The monoisotopic (exact) mass is 410 g/mol. The largest absolute Gasteiger partial charge is 0.342 e. The van der Waals surface area contributed by atoms with Crippen LogP contribution in [0.1, 0.15) is 53.5 Å². The first-order valence-electron chi connectivity index (χ1n) is 10.7. The number of likely N-dealkylation sites (tertiary alicyclic amines) is 1. The lowest BCUT2D eigenvalue weighted by molar-refractivity contribution is -0.132. The van der Waals surface area contributed by atoms with Crippen molar-refractivity contribution in [3.63, 3.8) is 0 Å². The highest BCUT2D eigenvalue weighted by atomic mass is 16.2. The number of carbonyl (C=O) groups excluding carboxylic acids is 2. The molecule has 0 aromatic carbocycles. The Kier molecular flexibility index (Phi) is 5.26. The minimum atomic E-state index is -0.481. The van der Waals surface area contributed by atoms with Crippen LogP contribution in [0.2, 0.25) is 0 Å². The molecule has 1 spiro atoms. The van der Waals surface area contributed by atoms with E-state index in [9.17, 15) is 9.59 Å². The average molecular weight is 411 g/mol. The summed E-state index contributed by atoms with van der Waals surface area (Å²) in [6, 6.07) is 3.57. The van der Waals surface area contributed by atoms with Crippen LogP contribution in [0.3, 0.4) is 0 Å². The first-order valence-corrected chi connectivity index (χ1v) is 10.7. The SMILES string of the molecule is CCn1nc(C)c(CCC(=O)N2CCC3(CC2)NC(=O)c2cccnc2N3C)c1C. The van der Waals surface area contributed by atoms with Crippen molar-refractivity contribution in [3.8, 4) is 0 Å². The van der Waals surface area contributed by atoms with E-state index in [0.717, 1.165) is 17.9 Å². The Labute approximate surface area is 177 Å². The predicted octanol–water partition coefficient (Wildman–Crippen LogP) is 2.05. The number of carbonyl (C=O) groups is 2. The number of piperidine rings is 1. The van der Waals surface area contributed by atoms with Crippen LogP contribution in [0, 0.1) is 13.8 Å². The molecule has 2 aliphatic rings. The lowest BCUT2D eigenvalue weighted by atomic mass is 9.91. The average Bonchev–Trinajstić information content (AvgIpc) is 3.03. The second kappa shape index (κ2) is 7.74.